The van der Waals surface area contributed by atoms with E-state index in [2.05, 4.69) is 4.72 Å². The molecule has 1 aliphatic carbocycles. The Hall–Kier alpha value is -2.04. The second-order valence-electron chi connectivity index (χ2n) is 6.04. The Morgan fingerprint density at radius 2 is 2.04 bits per heavy atom. The van der Waals surface area contributed by atoms with Gasteiger partial charge in [0.15, 0.2) is 0 Å². The van der Waals surface area contributed by atoms with Gasteiger partial charge in [0.05, 0.1) is 17.2 Å². The number of nitro groups is 1. The summed E-state index contributed by atoms with van der Waals surface area (Å²) in [6, 6.07) is 5.49. The summed E-state index contributed by atoms with van der Waals surface area (Å²) in [5.74, 6) is -1.37. The van der Waals surface area contributed by atoms with Crippen LogP contribution in [0, 0.1) is 10.1 Å². The molecule has 1 fully saturated rings. The van der Waals surface area contributed by atoms with Gasteiger partial charge in [0.2, 0.25) is 10.0 Å². The number of nitrogens with zero attached hydrogens (tertiary/aromatic N) is 2. The van der Waals surface area contributed by atoms with Crippen molar-refractivity contribution in [2.24, 2.45) is 0 Å². The number of rotatable bonds is 9. The molecule has 25 heavy (non-hydrogen) atoms. The summed E-state index contributed by atoms with van der Waals surface area (Å²) < 4.78 is 27.1. The molecule has 0 amide bonds. The predicted molar refractivity (Wildman–Crippen MR) is 90.5 cm³/mol. The summed E-state index contributed by atoms with van der Waals surface area (Å²) in [4.78, 5) is 23.0. The van der Waals surface area contributed by atoms with Crippen molar-refractivity contribution in [3.05, 3.63) is 39.9 Å². The average Bonchev–Trinajstić information content (AvgIpc) is 2.48. The maximum atomic E-state index is 12.3. The number of carboxylic acid groups (broad SMARTS) is 1. The van der Waals surface area contributed by atoms with Crippen LogP contribution < -0.4 is 4.72 Å². The van der Waals surface area contributed by atoms with E-state index in [1.165, 1.54) is 18.2 Å². The molecule has 2 N–H and O–H groups in total. The fourth-order valence-corrected chi connectivity index (χ4v) is 4.40. The van der Waals surface area contributed by atoms with Crippen molar-refractivity contribution >= 4 is 21.7 Å². The number of para-hydroxylation sites is 1. The summed E-state index contributed by atoms with van der Waals surface area (Å²) in [5.41, 5.74) is -0.0880. The minimum absolute atomic E-state index is 0.0276. The van der Waals surface area contributed by atoms with Gasteiger partial charge in [-0.2, -0.15) is 0 Å². The second-order valence-corrected chi connectivity index (χ2v) is 7.80. The van der Waals surface area contributed by atoms with E-state index < -0.39 is 26.7 Å². The smallest absolute Gasteiger partial charge is 0.317 e. The molecule has 1 aliphatic rings. The Morgan fingerprint density at radius 1 is 1.40 bits per heavy atom. The van der Waals surface area contributed by atoms with E-state index >= 15 is 0 Å². The van der Waals surface area contributed by atoms with E-state index in [1.54, 1.807) is 11.0 Å². The Balaban J connectivity index is 1.93. The summed E-state index contributed by atoms with van der Waals surface area (Å²) in [6.07, 6.45) is 1.05. The van der Waals surface area contributed by atoms with Gasteiger partial charge in [0.25, 0.3) is 5.69 Å². The first-order chi connectivity index (χ1) is 11.7. The molecule has 2 rings (SSSR count). The Morgan fingerprint density at radius 3 is 2.60 bits per heavy atom. The lowest BCUT2D eigenvalue weighted by Gasteiger charge is -2.42. The van der Waals surface area contributed by atoms with Crippen molar-refractivity contribution < 1.29 is 23.2 Å². The van der Waals surface area contributed by atoms with Crippen LogP contribution >= 0.6 is 0 Å². The van der Waals surface area contributed by atoms with E-state index in [-0.39, 0.29) is 29.9 Å². The minimum atomic E-state index is -3.72. The van der Waals surface area contributed by atoms with Gasteiger partial charge in [-0.1, -0.05) is 25.1 Å². The zero-order chi connectivity index (χ0) is 18.6. The van der Waals surface area contributed by atoms with Crippen LogP contribution in [0.4, 0.5) is 5.69 Å². The zero-order valence-corrected chi connectivity index (χ0v) is 14.6. The number of benzene rings is 1. The molecule has 1 aromatic rings. The molecule has 0 radical (unpaired) electrons. The number of hydrogen-bond donors (Lipinski definition) is 2. The molecular formula is C15H21N3O6S. The lowest BCUT2D eigenvalue weighted by atomic mass is 9.86. The molecule has 0 unspecified atom stereocenters. The summed E-state index contributed by atoms with van der Waals surface area (Å²) in [7, 11) is -3.72. The van der Waals surface area contributed by atoms with Crippen molar-refractivity contribution in [3.63, 3.8) is 0 Å². The van der Waals surface area contributed by atoms with E-state index in [0.29, 0.717) is 19.4 Å². The van der Waals surface area contributed by atoms with Crippen LogP contribution in [0.2, 0.25) is 0 Å². The Bertz CT molecular complexity index is 745. The maximum Gasteiger partial charge on any atom is 0.317 e. The number of likely N-dealkylation sites (N-methyl/N-ethyl adjacent to an activating group) is 1. The fourth-order valence-electron chi connectivity index (χ4n) is 2.97. The SMILES string of the molecule is CCN(CC(=O)O)C1CC(NS(=O)(=O)Cc2ccccc2[N+](=O)[O-])C1. The van der Waals surface area contributed by atoms with Crippen molar-refractivity contribution in [1.29, 1.82) is 0 Å². The fraction of sp³-hybridized carbons (Fsp3) is 0.533. The van der Waals surface area contributed by atoms with Gasteiger partial charge in [-0.15, -0.1) is 0 Å². The third-order valence-electron chi connectivity index (χ3n) is 4.25. The number of sulfonamides is 1. The number of aliphatic carboxylic acids is 1. The van der Waals surface area contributed by atoms with Crippen LogP contribution in [0.25, 0.3) is 0 Å². The second kappa shape index (κ2) is 7.89. The van der Waals surface area contributed by atoms with Crippen molar-refractivity contribution in [2.45, 2.75) is 37.6 Å². The summed E-state index contributed by atoms with van der Waals surface area (Å²) in [5, 5.41) is 19.8. The number of carbonyl (C=O) groups is 1. The molecule has 0 heterocycles. The molecule has 0 bridgehead atoms. The van der Waals surface area contributed by atoms with E-state index in [1.807, 2.05) is 6.92 Å². The lowest BCUT2D eigenvalue weighted by Crippen LogP contribution is -2.54. The highest BCUT2D eigenvalue weighted by molar-refractivity contribution is 7.88. The molecule has 1 saturated carbocycles. The van der Waals surface area contributed by atoms with Gasteiger partial charge in [-0.3, -0.25) is 19.8 Å². The van der Waals surface area contributed by atoms with Gasteiger partial charge in [-0.05, 0) is 19.4 Å². The molecule has 9 nitrogen and oxygen atoms in total. The topological polar surface area (TPSA) is 130 Å². The molecule has 0 spiro atoms. The highest BCUT2D eigenvalue weighted by Gasteiger charge is 2.36. The largest absolute Gasteiger partial charge is 0.480 e. The first-order valence-corrected chi connectivity index (χ1v) is 9.55. The molecule has 10 heteroatoms. The predicted octanol–water partition coefficient (Wildman–Crippen LogP) is 0.952. The third-order valence-corrected chi connectivity index (χ3v) is 5.64. The van der Waals surface area contributed by atoms with Crippen LogP contribution in [0.1, 0.15) is 25.3 Å². The van der Waals surface area contributed by atoms with Gasteiger partial charge >= 0.3 is 5.97 Å². The van der Waals surface area contributed by atoms with E-state index in [4.69, 9.17) is 5.11 Å². The zero-order valence-electron chi connectivity index (χ0n) is 13.8. The van der Waals surface area contributed by atoms with Crippen LogP contribution in [0.5, 0.6) is 0 Å². The van der Waals surface area contributed by atoms with Crippen molar-refractivity contribution in [1.82, 2.24) is 9.62 Å². The highest BCUT2D eigenvalue weighted by Crippen LogP contribution is 2.27. The minimum Gasteiger partial charge on any atom is -0.480 e. The first kappa shape index (κ1) is 19.3. The molecule has 0 aromatic heterocycles. The summed E-state index contributed by atoms with van der Waals surface area (Å²) >= 11 is 0. The van der Waals surface area contributed by atoms with Crippen LogP contribution in [0.3, 0.4) is 0 Å². The summed E-state index contributed by atoms with van der Waals surface area (Å²) in [6.45, 7) is 2.36. The molecule has 0 saturated heterocycles. The van der Waals surface area contributed by atoms with Gasteiger partial charge in [0, 0.05) is 23.7 Å². The standard InChI is InChI=1S/C15H21N3O6S/c1-2-17(9-15(19)20)13-7-12(8-13)16-25(23,24)10-11-5-3-4-6-14(11)18(21)22/h3-6,12-13,16H,2,7-10H2,1H3,(H,19,20). The van der Waals surface area contributed by atoms with Gasteiger partial charge in [0.1, 0.15) is 0 Å². The lowest BCUT2D eigenvalue weighted by molar-refractivity contribution is -0.385. The monoisotopic (exact) mass is 371 g/mol. The van der Waals surface area contributed by atoms with E-state index in [9.17, 15) is 23.3 Å². The Kier molecular flexibility index (Phi) is 6.09. The number of carboxylic acids is 1. The van der Waals surface area contributed by atoms with E-state index in [0.717, 1.165) is 0 Å². The normalized spacial score (nSPS) is 20.2. The average molecular weight is 371 g/mol. The first-order valence-electron chi connectivity index (χ1n) is 7.90. The number of nitrogens with one attached hydrogen (secondary N) is 1. The number of nitro benzene ring substituents is 1. The highest BCUT2D eigenvalue weighted by atomic mass is 32.2. The number of hydrogen-bond acceptors (Lipinski definition) is 6. The third kappa shape index (κ3) is 5.21. The molecular weight excluding hydrogens is 350 g/mol. The van der Waals surface area contributed by atoms with Crippen LogP contribution in [-0.2, 0) is 20.6 Å². The Labute approximate surface area is 145 Å². The van der Waals surface area contributed by atoms with Gasteiger partial charge < -0.3 is 5.11 Å². The molecule has 0 aliphatic heterocycles. The van der Waals surface area contributed by atoms with Crippen LogP contribution in [-0.4, -0.2) is 54.5 Å². The van der Waals surface area contributed by atoms with Gasteiger partial charge in [-0.25, -0.2) is 13.1 Å². The molecule has 1 aromatic carbocycles. The molecule has 0 atom stereocenters. The molecule has 138 valence electrons. The van der Waals surface area contributed by atoms with Crippen LogP contribution in [0.15, 0.2) is 24.3 Å². The maximum absolute atomic E-state index is 12.3. The van der Waals surface area contributed by atoms with Crippen molar-refractivity contribution in [2.75, 3.05) is 13.1 Å². The van der Waals surface area contributed by atoms with Crippen molar-refractivity contribution in [3.8, 4) is 0 Å². The quantitative estimate of drug-likeness (QED) is 0.488.